The van der Waals surface area contributed by atoms with E-state index < -0.39 is 17.7 Å². The zero-order valence-electron chi connectivity index (χ0n) is 8.83. The molecule has 0 spiro atoms. The molecule has 0 aliphatic rings. The molecule has 0 aromatic heterocycles. The predicted octanol–water partition coefficient (Wildman–Crippen LogP) is 1.12. The fourth-order valence-corrected chi connectivity index (χ4v) is 0.742. The van der Waals surface area contributed by atoms with Crippen molar-refractivity contribution in [2.45, 2.75) is 33.6 Å². The van der Waals surface area contributed by atoms with Crippen LogP contribution in [0.3, 0.4) is 0 Å². The monoisotopic (exact) mass is 200 g/mol. The Labute approximate surface area is 83.6 Å². The van der Waals surface area contributed by atoms with Crippen LogP contribution in [-0.4, -0.2) is 24.1 Å². The molecule has 1 atom stereocenters. The van der Waals surface area contributed by atoms with E-state index in [1.165, 1.54) is 13.8 Å². The van der Waals surface area contributed by atoms with Gasteiger partial charge in [0.15, 0.2) is 0 Å². The number of ether oxygens (including phenoxy) is 1. The Morgan fingerprint density at radius 3 is 2.29 bits per heavy atom. The number of ketones is 2. The largest absolute Gasteiger partial charge is 0.460 e. The molecular formula is C10H16O4. The minimum atomic E-state index is -0.902. The van der Waals surface area contributed by atoms with Crippen molar-refractivity contribution >= 4 is 17.5 Å². The van der Waals surface area contributed by atoms with Gasteiger partial charge in [-0.25, -0.2) is 4.79 Å². The van der Waals surface area contributed by atoms with Crippen LogP contribution >= 0.6 is 0 Å². The second-order valence-electron chi connectivity index (χ2n) is 3.19. The SMILES string of the molecule is CCCCOC(=O)C(=O)C(C)C(C)=O. The molecule has 0 aliphatic carbocycles. The average Bonchev–Trinajstić information content (AvgIpc) is 2.15. The van der Waals surface area contributed by atoms with Crippen molar-refractivity contribution in [2.75, 3.05) is 6.61 Å². The molecule has 14 heavy (non-hydrogen) atoms. The summed E-state index contributed by atoms with van der Waals surface area (Å²) in [5, 5.41) is 0. The number of Topliss-reactive ketones (excluding diaryl/α,β-unsaturated/α-hetero) is 2. The normalized spacial score (nSPS) is 11.9. The maximum absolute atomic E-state index is 11.2. The van der Waals surface area contributed by atoms with Gasteiger partial charge in [-0.1, -0.05) is 13.3 Å². The molecule has 0 saturated carbocycles. The standard InChI is InChI=1S/C10H16O4/c1-4-5-6-14-10(13)9(12)7(2)8(3)11/h7H,4-6H2,1-3H3. The van der Waals surface area contributed by atoms with E-state index in [-0.39, 0.29) is 12.4 Å². The maximum atomic E-state index is 11.2. The van der Waals surface area contributed by atoms with Gasteiger partial charge in [0, 0.05) is 0 Å². The van der Waals surface area contributed by atoms with Gasteiger partial charge in [0.25, 0.3) is 0 Å². The first-order chi connectivity index (χ1) is 6.50. The Morgan fingerprint density at radius 2 is 1.86 bits per heavy atom. The smallest absolute Gasteiger partial charge is 0.375 e. The number of esters is 1. The zero-order valence-corrected chi connectivity index (χ0v) is 8.83. The zero-order chi connectivity index (χ0) is 11.1. The lowest BCUT2D eigenvalue weighted by Gasteiger charge is -2.06. The lowest BCUT2D eigenvalue weighted by Crippen LogP contribution is -2.28. The number of hydrogen-bond acceptors (Lipinski definition) is 4. The number of hydrogen-bond donors (Lipinski definition) is 0. The summed E-state index contributed by atoms with van der Waals surface area (Å²) in [6.07, 6.45) is 1.62. The van der Waals surface area contributed by atoms with Crippen LogP contribution in [0.25, 0.3) is 0 Å². The van der Waals surface area contributed by atoms with Crippen LogP contribution in [0, 0.1) is 5.92 Å². The first-order valence-corrected chi connectivity index (χ1v) is 4.72. The first kappa shape index (κ1) is 12.8. The molecule has 0 aromatic rings. The average molecular weight is 200 g/mol. The van der Waals surface area contributed by atoms with Crippen molar-refractivity contribution in [1.29, 1.82) is 0 Å². The van der Waals surface area contributed by atoms with Gasteiger partial charge in [-0.15, -0.1) is 0 Å². The highest BCUT2D eigenvalue weighted by Crippen LogP contribution is 2.01. The molecule has 0 heterocycles. The van der Waals surface area contributed by atoms with Crippen LogP contribution in [0.2, 0.25) is 0 Å². The molecule has 0 saturated heterocycles. The number of carbonyl (C=O) groups is 3. The number of unbranched alkanes of at least 4 members (excludes halogenated alkanes) is 1. The van der Waals surface area contributed by atoms with Crippen LogP contribution in [0.5, 0.6) is 0 Å². The van der Waals surface area contributed by atoms with Gasteiger partial charge < -0.3 is 4.74 Å². The third kappa shape index (κ3) is 4.16. The fourth-order valence-electron chi connectivity index (χ4n) is 0.742. The molecule has 80 valence electrons. The van der Waals surface area contributed by atoms with Crippen LogP contribution < -0.4 is 0 Å². The van der Waals surface area contributed by atoms with E-state index in [4.69, 9.17) is 0 Å². The van der Waals surface area contributed by atoms with E-state index in [0.717, 1.165) is 12.8 Å². The van der Waals surface area contributed by atoms with Gasteiger partial charge in [-0.3, -0.25) is 9.59 Å². The quantitative estimate of drug-likeness (QED) is 0.279. The minimum absolute atomic E-state index is 0.242. The van der Waals surface area contributed by atoms with Gasteiger partial charge in [-0.2, -0.15) is 0 Å². The summed E-state index contributed by atoms with van der Waals surface area (Å²) < 4.78 is 4.67. The fraction of sp³-hybridized carbons (Fsp3) is 0.700. The Bertz CT molecular complexity index is 232. The van der Waals surface area contributed by atoms with Crippen molar-refractivity contribution in [3.8, 4) is 0 Å². The molecule has 0 N–H and O–H groups in total. The van der Waals surface area contributed by atoms with Crippen molar-refractivity contribution in [2.24, 2.45) is 5.92 Å². The molecule has 0 radical (unpaired) electrons. The number of rotatable bonds is 6. The summed E-state index contributed by atoms with van der Waals surface area (Å²) in [5.74, 6) is -2.86. The summed E-state index contributed by atoms with van der Waals surface area (Å²) >= 11 is 0. The molecule has 0 aromatic carbocycles. The molecule has 4 nitrogen and oxygen atoms in total. The van der Waals surface area contributed by atoms with Gasteiger partial charge in [0.1, 0.15) is 5.78 Å². The van der Waals surface area contributed by atoms with E-state index in [1.807, 2.05) is 6.92 Å². The van der Waals surface area contributed by atoms with Crippen molar-refractivity contribution in [3.05, 3.63) is 0 Å². The highest BCUT2D eigenvalue weighted by Gasteiger charge is 2.25. The summed E-state index contributed by atoms with van der Waals surface area (Å²) in [5.41, 5.74) is 0. The lowest BCUT2D eigenvalue weighted by molar-refractivity contribution is -0.156. The summed E-state index contributed by atoms with van der Waals surface area (Å²) in [6, 6.07) is 0. The van der Waals surface area contributed by atoms with Crippen LogP contribution in [0.1, 0.15) is 33.6 Å². The Hall–Kier alpha value is -1.19. The van der Waals surface area contributed by atoms with Gasteiger partial charge in [-0.05, 0) is 20.3 Å². The van der Waals surface area contributed by atoms with Crippen LogP contribution in [0.15, 0.2) is 0 Å². The highest BCUT2D eigenvalue weighted by molar-refractivity contribution is 6.38. The molecular weight excluding hydrogens is 184 g/mol. The summed E-state index contributed by atoms with van der Waals surface area (Å²) in [4.78, 5) is 33.0. The van der Waals surface area contributed by atoms with E-state index in [2.05, 4.69) is 4.74 Å². The van der Waals surface area contributed by atoms with Crippen molar-refractivity contribution in [3.63, 3.8) is 0 Å². The third-order valence-electron chi connectivity index (χ3n) is 1.94. The van der Waals surface area contributed by atoms with E-state index >= 15 is 0 Å². The molecule has 0 bridgehead atoms. The van der Waals surface area contributed by atoms with Crippen molar-refractivity contribution in [1.82, 2.24) is 0 Å². The summed E-state index contributed by atoms with van der Waals surface area (Å²) in [7, 11) is 0. The second-order valence-corrected chi connectivity index (χ2v) is 3.19. The molecule has 0 amide bonds. The van der Waals surface area contributed by atoms with Crippen LogP contribution in [0.4, 0.5) is 0 Å². The topological polar surface area (TPSA) is 60.4 Å². The maximum Gasteiger partial charge on any atom is 0.375 e. The lowest BCUT2D eigenvalue weighted by atomic mass is 10.0. The van der Waals surface area contributed by atoms with Crippen molar-refractivity contribution < 1.29 is 19.1 Å². The van der Waals surface area contributed by atoms with E-state index in [0.29, 0.717) is 0 Å². The van der Waals surface area contributed by atoms with Gasteiger partial charge in [0.2, 0.25) is 5.78 Å². The van der Waals surface area contributed by atoms with Gasteiger partial charge >= 0.3 is 5.97 Å². The second kappa shape index (κ2) is 6.29. The molecule has 1 unspecified atom stereocenters. The minimum Gasteiger partial charge on any atom is -0.460 e. The highest BCUT2D eigenvalue weighted by atomic mass is 16.5. The van der Waals surface area contributed by atoms with E-state index in [9.17, 15) is 14.4 Å². The Kier molecular flexibility index (Phi) is 5.76. The Balaban J connectivity index is 4.00. The van der Waals surface area contributed by atoms with E-state index in [1.54, 1.807) is 0 Å². The van der Waals surface area contributed by atoms with Crippen LogP contribution in [-0.2, 0) is 19.1 Å². The molecule has 0 rings (SSSR count). The molecule has 0 aliphatic heterocycles. The third-order valence-corrected chi connectivity index (χ3v) is 1.94. The predicted molar refractivity (Wildman–Crippen MR) is 50.7 cm³/mol. The molecule has 0 fully saturated rings. The number of carbonyl (C=O) groups excluding carboxylic acids is 3. The first-order valence-electron chi connectivity index (χ1n) is 4.72. The summed E-state index contributed by atoms with van der Waals surface area (Å²) in [6.45, 7) is 4.88. The Morgan fingerprint density at radius 1 is 1.29 bits per heavy atom. The molecule has 4 heteroatoms. The van der Waals surface area contributed by atoms with Gasteiger partial charge in [0.05, 0.1) is 12.5 Å².